The van der Waals surface area contributed by atoms with Crippen molar-refractivity contribution in [1.29, 1.82) is 0 Å². The van der Waals surface area contributed by atoms with Crippen molar-refractivity contribution in [2.45, 2.75) is 13.3 Å². The van der Waals surface area contributed by atoms with E-state index in [9.17, 15) is 0 Å². The van der Waals surface area contributed by atoms with Crippen LogP contribution in [0.1, 0.15) is 12.1 Å². The Morgan fingerprint density at radius 2 is 2.25 bits per heavy atom. The number of nitrogens with one attached hydrogen (secondary N) is 1. The number of hydrogen-bond acceptors (Lipinski definition) is 3. The fourth-order valence-electron chi connectivity index (χ4n) is 0.776. The molecule has 66 valence electrons. The molecule has 0 unspecified atom stereocenters. The summed E-state index contributed by atoms with van der Waals surface area (Å²) < 4.78 is 0. The Hall–Kier alpha value is -0.830. The van der Waals surface area contributed by atoms with Crippen LogP contribution in [0.3, 0.4) is 0 Å². The Kier molecular flexibility index (Phi) is 3.80. The van der Waals surface area contributed by atoms with Gasteiger partial charge in [0.05, 0.1) is 5.69 Å². The third-order valence-corrected chi connectivity index (χ3v) is 1.68. The van der Waals surface area contributed by atoms with Crippen LogP contribution >= 0.6 is 11.6 Å². The highest BCUT2D eigenvalue weighted by molar-refractivity contribution is 6.17. The number of aryl methyl sites for hydroxylation is 1. The zero-order chi connectivity index (χ0) is 8.81. The summed E-state index contributed by atoms with van der Waals surface area (Å²) in [5, 5.41) is 11.0. The van der Waals surface area contributed by atoms with Crippen LogP contribution in [-0.4, -0.2) is 22.6 Å². The van der Waals surface area contributed by atoms with Crippen molar-refractivity contribution in [1.82, 2.24) is 10.2 Å². The number of aromatic nitrogens is 2. The summed E-state index contributed by atoms with van der Waals surface area (Å²) in [4.78, 5) is 0. The lowest BCUT2D eigenvalue weighted by Crippen LogP contribution is -2.04. The van der Waals surface area contributed by atoms with E-state index in [1.54, 1.807) is 0 Å². The van der Waals surface area contributed by atoms with Gasteiger partial charge in [-0.2, -0.15) is 5.10 Å². The molecule has 0 saturated carbocycles. The Bertz CT molecular complexity index is 222. The number of anilines is 1. The van der Waals surface area contributed by atoms with Crippen molar-refractivity contribution in [3.05, 3.63) is 17.8 Å². The van der Waals surface area contributed by atoms with Crippen molar-refractivity contribution in [2.75, 3.05) is 17.7 Å². The minimum atomic E-state index is 0.673. The second-order valence-corrected chi connectivity index (χ2v) is 2.91. The molecule has 1 aromatic heterocycles. The number of rotatable bonds is 4. The van der Waals surface area contributed by atoms with Crippen molar-refractivity contribution >= 4 is 17.4 Å². The standard InChI is InChI=1S/C8H12ClN3/c1-7-3-4-8(12-11-7)10-6-2-5-9/h3-4H,2,5-6H2,1H3,(H,10,12). The van der Waals surface area contributed by atoms with Crippen molar-refractivity contribution in [3.63, 3.8) is 0 Å². The topological polar surface area (TPSA) is 37.8 Å². The smallest absolute Gasteiger partial charge is 0.148 e. The Morgan fingerprint density at radius 3 is 2.83 bits per heavy atom. The van der Waals surface area contributed by atoms with Crippen LogP contribution in [0.25, 0.3) is 0 Å². The number of nitrogens with zero attached hydrogens (tertiary/aromatic N) is 2. The van der Waals surface area contributed by atoms with E-state index in [2.05, 4.69) is 15.5 Å². The van der Waals surface area contributed by atoms with Crippen LogP contribution in [0.4, 0.5) is 5.82 Å². The van der Waals surface area contributed by atoms with Gasteiger partial charge in [-0.25, -0.2) is 0 Å². The first kappa shape index (κ1) is 9.26. The zero-order valence-electron chi connectivity index (χ0n) is 7.05. The molecule has 1 rings (SSSR count). The molecule has 0 aromatic carbocycles. The monoisotopic (exact) mass is 185 g/mol. The fourth-order valence-corrected chi connectivity index (χ4v) is 0.910. The summed E-state index contributed by atoms with van der Waals surface area (Å²) in [5.41, 5.74) is 0.929. The van der Waals surface area contributed by atoms with E-state index < -0.39 is 0 Å². The van der Waals surface area contributed by atoms with Gasteiger partial charge in [-0.05, 0) is 25.5 Å². The maximum atomic E-state index is 5.52. The first-order valence-corrected chi connectivity index (χ1v) is 4.46. The molecule has 0 radical (unpaired) electrons. The molecule has 0 aliphatic rings. The highest BCUT2D eigenvalue weighted by Crippen LogP contribution is 2.00. The molecule has 0 saturated heterocycles. The van der Waals surface area contributed by atoms with Crippen molar-refractivity contribution in [2.24, 2.45) is 0 Å². The number of alkyl halides is 1. The first-order valence-electron chi connectivity index (χ1n) is 3.93. The molecule has 4 heteroatoms. The Morgan fingerprint density at radius 1 is 1.42 bits per heavy atom. The molecular weight excluding hydrogens is 174 g/mol. The summed E-state index contributed by atoms with van der Waals surface area (Å²) in [6, 6.07) is 3.84. The summed E-state index contributed by atoms with van der Waals surface area (Å²) >= 11 is 5.52. The van der Waals surface area contributed by atoms with E-state index in [0.717, 1.165) is 24.5 Å². The highest BCUT2D eigenvalue weighted by atomic mass is 35.5. The second-order valence-electron chi connectivity index (χ2n) is 2.53. The normalized spacial score (nSPS) is 9.83. The predicted molar refractivity (Wildman–Crippen MR) is 50.6 cm³/mol. The van der Waals surface area contributed by atoms with Crippen molar-refractivity contribution < 1.29 is 0 Å². The summed E-state index contributed by atoms with van der Waals surface area (Å²) in [7, 11) is 0. The third-order valence-electron chi connectivity index (χ3n) is 1.41. The lowest BCUT2D eigenvalue weighted by atomic mass is 10.4. The van der Waals surface area contributed by atoms with Gasteiger partial charge in [0.25, 0.3) is 0 Å². The fraction of sp³-hybridized carbons (Fsp3) is 0.500. The molecule has 12 heavy (non-hydrogen) atoms. The number of halogens is 1. The maximum absolute atomic E-state index is 5.52. The number of hydrogen-bond donors (Lipinski definition) is 1. The molecule has 0 fully saturated rings. The SMILES string of the molecule is Cc1ccc(NCCCCl)nn1. The summed E-state index contributed by atoms with van der Waals surface area (Å²) in [6.07, 6.45) is 0.942. The molecule has 1 heterocycles. The molecule has 0 atom stereocenters. The molecule has 0 amide bonds. The van der Waals surface area contributed by atoms with Gasteiger partial charge in [0.1, 0.15) is 5.82 Å². The predicted octanol–water partition coefficient (Wildman–Crippen LogP) is 1.83. The molecule has 1 N–H and O–H groups in total. The van der Waals surface area contributed by atoms with Crippen LogP contribution < -0.4 is 5.32 Å². The zero-order valence-corrected chi connectivity index (χ0v) is 7.80. The molecule has 0 bridgehead atoms. The van der Waals surface area contributed by atoms with Crippen LogP contribution in [0, 0.1) is 6.92 Å². The van der Waals surface area contributed by atoms with Gasteiger partial charge in [0.2, 0.25) is 0 Å². The van der Waals surface area contributed by atoms with Gasteiger partial charge in [-0.1, -0.05) is 0 Å². The molecule has 1 aromatic rings. The highest BCUT2D eigenvalue weighted by Gasteiger charge is 1.92. The van der Waals surface area contributed by atoms with E-state index in [-0.39, 0.29) is 0 Å². The second kappa shape index (κ2) is 4.93. The Labute approximate surface area is 77.2 Å². The van der Waals surface area contributed by atoms with Crippen LogP contribution in [0.2, 0.25) is 0 Å². The molecular formula is C8H12ClN3. The molecule has 0 aliphatic heterocycles. The quantitative estimate of drug-likeness (QED) is 0.575. The van der Waals surface area contributed by atoms with E-state index in [1.165, 1.54) is 0 Å². The van der Waals surface area contributed by atoms with E-state index in [0.29, 0.717) is 5.88 Å². The van der Waals surface area contributed by atoms with E-state index >= 15 is 0 Å². The average molecular weight is 186 g/mol. The van der Waals surface area contributed by atoms with Gasteiger partial charge in [0, 0.05) is 12.4 Å². The average Bonchev–Trinajstić information content (AvgIpc) is 2.09. The molecule has 3 nitrogen and oxygen atoms in total. The molecule has 0 aliphatic carbocycles. The largest absolute Gasteiger partial charge is 0.369 e. The van der Waals surface area contributed by atoms with Gasteiger partial charge in [-0.15, -0.1) is 16.7 Å². The lowest BCUT2D eigenvalue weighted by Gasteiger charge is -2.02. The first-order chi connectivity index (χ1) is 5.83. The van der Waals surface area contributed by atoms with Crippen LogP contribution in [-0.2, 0) is 0 Å². The van der Waals surface area contributed by atoms with Crippen LogP contribution in [0.5, 0.6) is 0 Å². The summed E-state index contributed by atoms with van der Waals surface area (Å²) in [6.45, 7) is 2.76. The van der Waals surface area contributed by atoms with E-state index in [1.807, 2.05) is 19.1 Å². The van der Waals surface area contributed by atoms with Crippen LogP contribution in [0.15, 0.2) is 12.1 Å². The van der Waals surface area contributed by atoms with Gasteiger partial charge in [-0.3, -0.25) is 0 Å². The van der Waals surface area contributed by atoms with Gasteiger partial charge >= 0.3 is 0 Å². The minimum absolute atomic E-state index is 0.673. The third kappa shape index (κ3) is 3.05. The van der Waals surface area contributed by atoms with E-state index in [4.69, 9.17) is 11.6 Å². The van der Waals surface area contributed by atoms with Gasteiger partial charge in [0.15, 0.2) is 0 Å². The van der Waals surface area contributed by atoms with Gasteiger partial charge < -0.3 is 5.32 Å². The lowest BCUT2D eigenvalue weighted by molar-refractivity contribution is 0.932. The Balaban J connectivity index is 2.37. The molecule has 0 spiro atoms. The summed E-state index contributed by atoms with van der Waals surface area (Å²) in [5.74, 6) is 1.48. The minimum Gasteiger partial charge on any atom is -0.369 e. The maximum Gasteiger partial charge on any atom is 0.148 e. The van der Waals surface area contributed by atoms with Crippen molar-refractivity contribution in [3.8, 4) is 0 Å².